The zero-order valence-electron chi connectivity index (χ0n) is 13.5. The van der Waals surface area contributed by atoms with E-state index >= 15 is 0 Å². The molecule has 0 aliphatic rings. The van der Waals surface area contributed by atoms with Crippen LogP contribution in [0.25, 0.3) is 0 Å². The number of anilines is 1. The van der Waals surface area contributed by atoms with Crippen LogP contribution < -0.4 is 10.6 Å². The van der Waals surface area contributed by atoms with Gasteiger partial charge in [-0.1, -0.05) is 29.3 Å². The maximum Gasteiger partial charge on any atom is 0.270 e. The van der Waals surface area contributed by atoms with E-state index in [0.29, 0.717) is 15.7 Å². The third kappa shape index (κ3) is 4.69. The number of benzene rings is 1. The van der Waals surface area contributed by atoms with Gasteiger partial charge in [-0.2, -0.15) is 0 Å². The number of nitrogens with one attached hydrogen (secondary N) is 2. The van der Waals surface area contributed by atoms with Crippen LogP contribution in [0.4, 0.5) is 5.69 Å². The summed E-state index contributed by atoms with van der Waals surface area (Å²) >= 11 is 12.1. The molecule has 1 heterocycles. The van der Waals surface area contributed by atoms with E-state index < -0.39 is 11.4 Å². The molecular weight excluding hydrogens is 349 g/mol. The van der Waals surface area contributed by atoms with Crippen molar-refractivity contribution in [3.63, 3.8) is 0 Å². The van der Waals surface area contributed by atoms with Crippen molar-refractivity contribution in [2.24, 2.45) is 0 Å². The summed E-state index contributed by atoms with van der Waals surface area (Å²) in [6.45, 7) is 5.59. The molecule has 7 heteroatoms. The standard InChI is InChI=1S/C17H17Cl2N3O2/c1-17(2,3)22-16(24)13-9-10(7-8-20-13)15(23)21-14-11(18)5-4-6-12(14)19/h4-9H,1-3H3,(H,21,23)(H,22,24). The summed E-state index contributed by atoms with van der Waals surface area (Å²) in [7, 11) is 0. The minimum absolute atomic E-state index is 0.155. The van der Waals surface area contributed by atoms with Crippen LogP contribution in [-0.4, -0.2) is 22.3 Å². The predicted molar refractivity (Wildman–Crippen MR) is 95.9 cm³/mol. The Balaban J connectivity index is 2.22. The average molecular weight is 366 g/mol. The summed E-state index contributed by atoms with van der Waals surface area (Å²) in [4.78, 5) is 28.5. The van der Waals surface area contributed by atoms with Crippen molar-refractivity contribution in [2.75, 3.05) is 5.32 Å². The van der Waals surface area contributed by atoms with Crippen molar-refractivity contribution in [1.82, 2.24) is 10.3 Å². The average Bonchev–Trinajstić information content (AvgIpc) is 2.49. The van der Waals surface area contributed by atoms with Crippen LogP contribution in [0.1, 0.15) is 41.6 Å². The molecule has 0 bridgehead atoms. The number of carbonyl (C=O) groups is 2. The van der Waals surface area contributed by atoms with Crippen LogP contribution in [0, 0.1) is 0 Å². The Morgan fingerprint density at radius 3 is 2.25 bits per heavy atom. The Labute approximate surface area is 150 Å². The predicted octanol–water partition coefficient (Wildman–Crippen LogP) is 4.17. The van der Waals surface area contributed by atoms with Crippen molar-refractivity contribution < 1.29 is 9.59 Å². The molecule has 0 radical (unpaired) electrons. The van der Waals surface area contributed by atoms with E-state index in [9.17, 15) is 9.59 Å². The second-order valence-electron chi connectivity index (χ2n) is 6.18. The van der Waals surface area contributed by atoms with Gasteiger partial charge in [-0.15, -0.1) is 0 Å². The number of halogens is 2. The topological polar surface area (TPSA) is 71.1 Å². The van der Waals surface area contributed by atoms with Crippen LogP contribution >= 0.6 is 23.2 Å². The Kier molecular flexibility index (Phi) is 5.47. The number of pyridine rings is 1. The van der Waals surface area contributed by atoms with Gasteiger partial charge in [-0.05, 0) is 45.0 Å². The lowest BCUT2D eigenvalue weighted by Gasteiger charge is -2.20. The molecule has 0 saturated carbocycles. The summed E-state index contributed by atoms with van der Waals surface area (Å²) in [6, 6.07) is 7.85. The number of amides is 2. The fourth-order valence-electron chi connectivity index (χ4n) is 1.90. The van der Waals surface area contributed by atoms with E-state index in [1.807, 2.05) is 20.8 Å². The lowest BCUT2D eigenvalue weighted by atomic mass is 10.1. The van der Waals surface area contributed by atoms with Crippen LogP contribution in [-0.2, 0) is 0 Å². The molecule has 2 amide bonds. The normalized spacial score (nSPS) is 11.0. The first-order valence-electron chi connectivity index (χ1n) is 7.21. The van der Waals surface area contributed by atoms with Gasteiger partial charge in [-0.3, -0.25) is 14.6 Å². The maximum atomic E-state index is 12.4. The molecule has 1 aromatic carbocycles. The first-order chi connectivity index (χ1) is 11.2. The van der Waals surface area contributed by atoms with Gasteiger partial charge in [0.05, 0.1) is 15.7 Å². The molecule has 0 aliphatic heterocycles. The van der Waals surface area contributed by atoms with Gasteiger partial charge in [0.25, 0.3) is 11.8 Å². The lowest BCUT2D eigenvalue weighted by molar-refractivity contribution is 0.0914. The number of rotatable bonds is 3. The first kappa shape index (κ1) is 18.2. The fourth-order valence-corrected chi connectivity index (χ4v) is 2.40. The van der Waals surface area contributed by atoms with E-state index in [-0.39, 0.29) is 17.2 Å². The largest absolute Gasteiger partial charge is 0.346 e. The van der Waals surface area contributed by atoms with Crippen LogP contribution in [0.5, 0.6) is 0 Å². The maximum absolute atomic E-state index is 12.4. The zero-order valence-corrected chi connectivity index (χ0v) is 15.0. The highest BCUT2D eigenvalue weighted by Gasteiger charge is 2.18. The Morgan fingerprint density at radius 2 is 1.67 bits per heavy atom. The molecule has 126 valence electrons. The highest BCUT2D eigenvalue weighted by Crippen LogP contribution is 2.30. The fraction of sp³-hybridized carbons (Fsp3) is 0.235. The van der Waals surface area contributed by atoms with Gasteiger partial charge < -0.3 is 10.6 Å². The van der Waals surface area contributed by atoms with E-state index in [2.05, 4.69) is 15.6 Å². The van der Waals surface area contributed by atoms with Crippen LogP contribution in [0.2, 0.25) is 10.0 Å². The molecular formula is C17H17Cl2N3O2. The third-order valence-electron chi connectivity index (χ3n) is 2.94. The zero-order chi connectivity index (χ0) is 17.9. The van der Waals surface area contributed by atoms with Crippen molar-refractivity contribution in [2.45, 2.75) is 26.3 Å². The minimum Gasteiger partial charge on any atom is -0.346 e. The van der Waals surface area contributed by atoms with Gasteiger partial charge in [0.15, 0.2) is 0 Å². The lowest BCUT2D eigenvalue weighted by Crippen LogP contribution is -2.41. The molecule has 5 nitrogen and oxygen atoms in total. The highest BCUT2D eigenvalue weighted by atomic mass is 35.5. The molecule has 0 spiro atoms. The Hall–Kier alpha value is -2.11. The number of nitrogens with zero attached hydrogens (tertiary/aromatic N) is 1. The van der Waals surface area contributed by atoms with Crippen LogP contribution in [0.3, 0.4) is 0 Å². The van der Waals surface area contributed by atoms with E-state index in [1.165, 1.54) is 18.3 Å². The van der Waals surface area contributed by atoms with E-state index in [0.717, 1.165) is 0 Å². The summed E-state index contributed by atoms with van der Waals surface area (Å²) < 4.78 is 0. The number of hydrogen-bond donors (Lipinski definition) is 2. The van der Waals surface area contributed by atoms with Crippen LogP contribution in [0.15, 0.2) is 36.5 Å². The van der Waals surface area contributed by atoms with Gasteiger partial charge in [0.1, 0.15) is 5.69 Å². The van der Waals surface area contributed by atoms with E-state index in [4.69, 9.17) is 23.2 Å². The highest BCUT2D eigenvalue weighted by molar-refractivity contribution is 6.40. The molecule has 0 aliphatic carbocycles. The van der Waals surface area contributed by atoms with E-state index in [1.54, 1.807) is 18.2 Å². The minimum atomic E-state index is -0.433. The molecule has 1 aromatic heterocycles. The molecule has 24 heavy (non-hydrogen) atoms. The summed E-state index contributed by atoms with van der Waals surface area (Å²) in [6.07, 6.45) is 1.40. The number of para-hydroxylation sites is 1. The molecule has 0 atom stereocenters. The summed E-state index contributed by atoms with van der Waals surface area (Å²) in [5.74, 6) is -0.787. The summed E-state index contributed by atoms with van der Waals surface area (Å²) in [5, 5.41) is 6.10. The Morgan fingerprint density at radius 1 is 1.04 bits per heavy atom. The summed E-state index contributed by atoms with van der Waals surface area (Å²) in [5.41, 5.74) is 0.355. The van der Waals surface area contributed by atoms with Gasteiger partial charge in [0, 0.05) is 17.3 Å². The molecule has 2 N–H and O–H groups in total. The molecule has 2 aromatic rings. The van der Waals surface area contributed by atoms with Crippen molar-refractivity contribution in [3.05, 3.63) is 57.8 Å². The molecule has 0 fully saturated rings. The SMILES string of the molecule is CC(C)(C)NC(=O)c1cc(C(=O)Nc2c(Cl)cccc2Cl)ccn1. The van der Waals surface area contributed by atoms with Gasteiger partial charge in [-0.25, -0.2) is 0 Å². The second-order valence-corrected chi connectivity index (χ2v) is 7.00. The number of aromatic nitrogens is 1. The number of hydrogen-bond acceptors (Lipinski definition) is 3. The van der Waals surface area contributed by atoms with Crippen molar-refractivity contribution in [1.29, 1.82) is 0 Å². The molecule has 0 saturated heterocycles. The quantitative estimate of drug-likeness (QED) is 0.857. The Bertz CT molecular complexity index is 765. The van der Waals surface area contributed by atoms with Crippen molar-refractivity contribution >= 4 is 40.7 Å². The van der Waals surface area contributed by atoms with Gasteiger partial charge >= 0.3 is 0 Å². The smallest absolute Gasteiger partial charge is 0.270 e. The first-order valence-corrected chi connectivity index (χ1v) is 7.97. The third-order valence-corrected chi connectivity index (χ3v) is 3.57. The van der Waals surface area contributed by atoms with Gasteiger partial charge in [0.2, 0.25) is 0 Å². The molecule has 0 unspecified atom stereocenters. The number of carbonyl (C=O) groups excluding carboxylic acids is 2. The van der Waals surface area contributed by atoms with Crippen molar-refractivity contribution in [3.8, 4) is 0 Å². The second kappa shape index (κ2) is 7.20. The monoisotopic (exact) mass is 365 g/mol. The molecule has 2 rings (SSSR count).